The average Bonchev–Trinajstić information content (AvgIpc) is 2.79. The molecule has 1 atom stereocenters. The third-order valence-corrected chi connectivity index (χ3v) is 2.55. The maximum absolute atomic E-state index is 5.38. The molecule has 4 heteroatoms. The maximum atomic E-state index is 5.38. The van der Waals surface area contributed by atoms with E-state index in [-0.39, 0.29) is 0 Å². The predicted molar refractivity (Wildman–Crippen MR) is 57.6 cm³/mol. The number of furan rings is 1. The van der Waals surface area contributed by atoms with Crippen LogP contribution in [0.25, 0.3) is 0 Å². The van der Waals surface area contributed by atoms with Gasteiger partial charge in [0.1, 0.15) is 5.76 Å². The van der Waals surface area contributed by atoms with E-state index in [0.717, 1.165) is 45.0 Å². The number of morpholine rings is 1. The minimum atomic E-state index is 0.503. The molecule has 0 bridgehead atoms. The molecule has 1 aromatic rings. The van der Waals surface area contributed by atoms with Crippen molar-refractivity contribution in [3.05, 3.63) is 24.2 Å². The van der Waals surface area contributed by atoms with E-state index in [2.05, 4.69) is 10.6 Å². The first-order chi connectivity index (χ1) is 7.45. The third kappa shape index (κ3) is 3.66. The van der Waals surface area contributed by atoms with Crippen molar-refractivity contribution in [3.8, 4) is 0 Å². The Hall–Kier alpha value is -0.840. The van der Waals surface area contributed by atoms with Crippen LogP contribution >= 0.6 is 0 Å². The number of hydrogen-bond donors (Lipinski definition) is 2. The molecular formula is C11H18N2O2. The molecule has 0 amide bonds. The van der Waals surface area contributed by atoms with Crippen LogP contribution in [0.4, 0.5) is 0 Å². The summed E-state index contributed by atoms with van der Waals surface area (Å²) in [6.07, 6.45) is 2.80. The van der Waals surface area contributed by atoms with E-state index in [9.17, 15) is 0 Å². The second kappa shape index (κ2) is 5.90. The van der Waals surface area contributed by atoms with Crippen molar-refractivity contribution in [2.75, 3.05) is 26.3 Å². The van der Waals surface area contributed by atoms with Crippen molar-refractivity contribution in [2.45, 2.75) is 19.0 Å². The van der Waals surface area contributed by atoms with Gasteiger partial charge in [-0.3, -0.25) is 0 Å². The topological polar surface area (TPSA) is 46.4 Å². The van der Waals surface area contributed by atoms with Gasteiger partial charge in [0, 0.05) is 12.6 Å². The quantitative estimate of drug-likeness (QED) is 0.704. The zero-order valence-electron chi connectivity index (χ0n) is 8.87. The van der Waals surface area contributed by atoms with Gasteiger partial charge in [-0.1, -0.05) is 0 Å². The monoisotopic (exact) mass is 210 g/mol. The highest BCUT2D eigenvalue weighted by Gasteiger charge is 2.11. The van der Waals surface area contributed by atoms with Gasteiger partial charge in [-0.05, 0) is 25.1 Å². The fraction of sp³-hybridized carbons (Fsp3) is 0.636. The zero-order chi connectivity index (χ0) is 10.3. The Morgan fingerprint density at radius 3 is 3.27 bits per heavy atom. The van der Waals surface area contributed by atoms with E-state index in [4.69, 9.17) is 9.15 Å². The summed E-state index contributed by atoms with van der Waals surface area (Å²) in [6.45, 7) is 4.45. The van der Waals surface area contributed by atoms with Gasteiger partial charge in [0.05, 0.1) is 26.0 Å². The number of rotatable bonds is 5. The standard InChI is InChI=1S/C11H18N2O2/c1-2-11(15-6-1)8-12-4-3-10-9-14-7-5-13-10/h1-2,6,10,12-13H,3-5,7-9H2. The molecule has 1 fully saturated rings. The summed E-state index contributed by atoms with van der Waals surface area (Å²) in [4.78, 5) is 0. The van der Waals surface area contributed by atoms with Crippen molar-refractivity contribution >= 4 is 0 Å². The lowest BCUT2D eigenvalue weighted by Gasteiger charge is -2.23. The molecule has 15 heavy (non-hydrogen) atoms. The highest BCUT2D eigenvalue weighted by Crippen LogP contribution is 2.00. The predicted octanol–water partition coefficient (Wildman–Crippen LogP) is 0.748. The van der Waals surface area contributed by atoms with Gasteiger partial charge in [0.25, 0.3) is 0 Å². The summed E-state index contributed by atoms with van der Waals surface area (Å²) in [5, 5.41) is 6.77. The lowest BCUT2D eigenvalue weighted by Crippen LogP contribution is -2.42. The smallest absolute Gasteiger partial charge is 0.117 e. The number of ether oxygens (including phenoxy) is 1. The first kappa shape index (κ1) is 10.7. The van der Waals surface area contributed by atoms with Gasteiger partial charge in [-0.2, -0.15) is 0 Å². The molecule has 1 aliphatic rings. The molecular weight excluding hydrogens is 192 g/mol. The lowest BCUT2D eigenvalue weighted by atomic mass is 10.2. The molecule has 0 saturated carbocycles. The second-order valence-corrected chi connectivity index (χ2v) is 3.77. The van der Waals surface area contributed by atoms with Gasteiger partial charge in [-0.25, -0.2) is 0 Å². The van der Waals surface area contributed by atoms with Gasteiger partial charge in [0.15, 0.2) is 0 Å². The summed E-state index contributed by atoms with van der Waals surface area (Å²) in [5.41, 5.74) is 0. The fourth-order valence-corrected chi connectivity index (χ4v) is 1.71. The Balaban J connectivity index is 1.54. The molecule has 0 aromatic carbocycles. The van der Waals surface area contributed by atoms with Crippen LogP contribution in [0.5, 0.6) is 0 Å². The molecule has 1 unspecified atom stereocenters. The van der Waals surface area contributed by atoms with Crippen molar-refractivity contribution in [3.63, 3.8) is 0 Å². The largest absolute Gasteiger partial charge is 0.468 e. The van der Waals surface area contributed by atoms with Gasteiger partial charge >= 0.3 is 0 Å². The Morgan fingerprint density at radius 1 is 1.53 bits per heavy atom. The molecule has 84 valence electrons. The van der Waals surface area contributed by atoms with Crippen LogP contribution in [0.3, 0.4) is 0 Å². The maximum Gasteiger partial charge on any atom is 0.117 e. The van der Waals surface area contributed by atoms with E-state index in [1.807, 2.05) is 12.1 Å². The summed E-state index contributed by atoms with van der Waals surface area (Å²) in [6, 6.07) is 4.39. The zero-order valence-corrected chi connectivity index (χ0v) is 8.87. The normalized spacial score (nSPS) is 21.7. The minimum absolute atomic E-state index is 0.503. The first-order valence-electron chi connectivity index (χ1n) is 5.49. The molecule has 0 radical (unpaired) electrons. The molecule has 1 aliphatic heterocycles. The van der Waals surface area contributed by atoms with Crippen molar-refractivity contribution in [2.24, 2.45) is 0 Å². The first-order valence-corrected chi connectivity index (χ1v) is 5.49. The van der Waals surface area contributed by atoms with E-state index in [0.29, 0.717) is 6.04 Å². The highest BCUT2D eigenvalue weighted by molar-refractivity contribution is 4.97. The lowest BCUT2D eigenvalue weighted by molar-refractivity contribution is 0.0742. The molecule has 2 rings (SSSR count). The van der Waals surface area contributed by atoms with E-state index in [1.54, 1.807) is 6.26 Å². The highest BCUT2D eigenvalue weighted by atomic mass is 16.5. The van der Waals surface area contributed by atoms with E-state index < -0.39 is 0 Å². The van der Waals surface area contributed by atoms with Crippen LogP contribution in [-0.4, -0.2) is 32.3 Å². The Labute approximate surface area is 90.0 Å². The SMILES string of the molecule is c1coc(CNCCC2COCCN2)c1. The van der Waals surface area contributed by atoms with Crippen LogP contribution in [0.1, 0.15) is 12.2 Å². The van der Waals surface area contributed by atoms with E-state index >= 15 is 0 Å². The summed E-state index contributed by atoms with van der Waals surface area (Å²) < 4.78 is 10.6. The van der Waals surface area contributed by atoms with E-state index in [1.165, 1.54) is 0 Å². The third-order valence-electron chi connectivity index (χ3n) is 2.55. The van der Waals surface area contributed by atoms with Crippen molar-refractivity contribution < 1.29 is 9.15 Å². The van der Waals surface area contributed by atoms with Gasteiger partial charge < -0.3 is 19.8 Å². The molecule has 0 aliphatic carbocycles. The fourth-order valence-electron chi connectivity index (χ4n) is 1.71. The molecule has 4 nitrogen and oxygen atoms in total. The van der Waals surface area contributed by atoms with Crippen molar-refractivity contribution in [1.29, 1.82) is 0 Å². The Bertz CT molecular complexity index is 256. The van der Waals surface area contributed by atoms with Crippen molar-refractivity contribution in [1.82, 2.24) is 10.6 Å². The second-order valence-electron chi connectivity index (χ2n) is 3.77. The Kier molecular flexibility index (Phi) is 4.20. The average molecular weight is 210 g/mol. The van der Waals surface area contributed by atoms with Gasteiger partial charge in [0.2, 0.25) is 0 Å². The van der Waals surface area contributed by atoms with Gasteiger partial charge in [-0.15, -0.1) is 0 Å². The summed E-state index contributed by atoms with van der Waals surface area (Å²) in [7, 11) is 0. The van der Waals surface area contributed by atoms with Crippen LogP contribution in [-0.2, 0) is 11.3 Å². The number of hydrogen-bond acceptors (Lipinski definition) is 4. The number of nitrogens with one attached hydrogen (secondary N) is 2. The summed E-state index contributed by atoms with van der Waals surface area (Å²) >= 11 is 0. The van der Waals surface area contributed by atoms with Crippen LogP contribution in [0.2, 0.25) is 0 Å². The molecule has 0 spiro atoms. The molecule has 1 aromatic heterocycles. The summed E-state index contributed by atoms with van der Waals surface area (Å²) in [5.74, 6) is 0.989. The minimum Gasteiger partial charge on any atom is -0.468 e. The molecule has 2 N–H and O–H groups in total. The van der Waals surface area contributed by atoms with Crippen LogP contribution in [0, 0.1) is 0 Å². The molecule has 1 saturated heterocycles. The molecule has 2 heterocycles. The van der Waals surface area contributed by atoms with Crippen LogP contribution < -0.4 is 10.6 Å². The van der Waals surface area contributed by atoms with Crippen LogP contribution in [0.15, 0.2) is 22.8 Å². The Morgan fingerprint density at radius 2 is 2.53 bits per heavy atom.